The molecule has 0 aliphatic carbocycles. The van der Waals surface area contributed by atoms with Crippen molar-refractivity contribution >= 4 is 17.5 Å². The molecule has 7 nitrogen and oxygen atoms in total. The van der Waals surface area contributed by atoms with Gasteiger partial charge in [0, 0.05) is 11.8 Å². The van der Waals surface area contributed by atoms with E-state index < -0.39 is 18.4 Å². The Labute approximate surface area is 146 Å². The number of para-hydroxylation sites is 1. The molecule has 2 aromatic carbocycles. The minimum Gasteiger partial charge on any atom is -0.454 e. The molecule has 0 aromatic heterocycles. The first kappa shape index (κ1) is 17.5. The average molecular weight is 364 g/mol. The predicted molar refractivity (Wildman–Crippen MR) is 86.6 cm³/mol. The van der Waals surface area contributed by atoms with E-state index in [0.717, 1.165) is 0 Å². The molecule has 0 unspecified atom stereocenters. The van der Waals surface area contributed by atoms with E-state index in [9.17, 15) is 18.4 Å². The second-order valence-corrected chi connectivity index (χ2v) is 5.17. The smallest absolute Gasteiger partial charge is 0.387 e. The molecule has 1 heterocycles. The Kier molecular flexibility index (Phi) is 5.16. The van der Waals surface area contributed by atoms with Crippen LogP contribution in [0.15, 0.2) is 42.5 Å². The molecular formula is C17H14F2N2O5. The van der Waals surface area contributed by atoms with Crippen molar-refractivity contribution in [2.24, 2.45) is 0 Å². The Morgan fingerprint density at radius 1 is 1.12 bits per heavy atom. The van der Waals surface area contributed by atoms with Crippen LogP contribution >= 0.6 is 0 Å². The molecule has 0 radical (unpaired) electrons. The van der Waals surface area contributed by atoms with Crippen molar-refractivity contribution in [2.75, 3.05) is 18.7 Å². The molecule has 0 spiro atoms. The second-order valence-electron chi connectivity index (χ2n) is 5.17. The van der Waals surface area contributed by atoms with Crippen molar-refractivity contribution in [3.63, 3.8) is 0 Å². The number of hydrogen-bond acceptors (Lipinski definition) is 5. The molecule has 0 saturated heterocycles. The van der Waals surface area contributed by atoms with Gasteiger partial charge in [-0.1, -0.05) is 12.1 Å². The SMILES string of the molecule is O=C(CNC(=O)c1ccccc1OC(F)F)Nc1ccc2c(c1)OCO2. The van der Waals surface area contributed by atoms with E-state index in [1.807, 2.05) is 0 Å². The number of alkyl halides is 2. The van der Waals surface area contributed by atoms with Gasteiger partial charge in [0.25, 0.3) is 5.91 Å². The Bertz CT molecular complexity index is 829. The summed E-state index contributed by atoms with van der Waals surface area (Å²) in [6.07, 6.45) is 0. The minimum atomic E-state index is -3.06. The molecule has 9 heteroatoms. The van der Waals surface area contributed by atoms with E-state index in [-0.39, 0.29) is 24.7 Å². The number of amides is 2. The summed E-state index contributed by atoms with van der Waals surface area (Å²) in [5.74, 6) is -0.389. The van der Waals surface area contributed by atoms with Gasteiger partial charge in [-0.25, -0.2) is 0 Å². The van der Waals surface area contributed by atoms with Crippen LogP contribution in [0.5, 0.6) is 17.2 Å². The number of fused-ring (bicyclic) bond motifs is 1. The topological polar surface area (TPSA) is 85.9 Å². The maximum absolute atomic E-state index is 12.4. The molecule has 0 bridgehead atoms. The second kappa shape index (κ2) is 7.68. The van der Waals surface area contributed by atoms with Crippen molar-refractivity contribution < 1.29 is 32.6 Å². The summed E-state index contributed by atoms with van der Waals surface area (Å²) in [6.45, 7) is -3.29. The summed E-state index contributed by atoms with van der Waals surface area (Å²) in [6, 6.07) is 10.4. The first-order valence-corrected chi connectivity index (χ1v) is 7.54. The van der Waals surface area contributed by atoms with Gasteiger partial charge in [-0.05, 0) is 24.3 Å². The zero-order valence-corrected chi connectivity index (χ0v) is 13.3. The highest BCUT2D eigenvalue weighted by Gasteiger charge is 2.17. The van der Waals surface area contributed by atoms with Gasteiger partial charge in [0.1, 0.15) is 5.75 Å². The molecule has 0 fully saturated rings. The van der Waals surface area contributed by atoms with Gasteiger partial charge in [-0.2, -0.15) is 8.78 Å². The summed E-state index contributed by atoms with van der Waals surface area (Å²) in [5.41, 5.74) is 0.374. The maximum Gasteiger partial charge on any atom is 0.387 e. The van der Waals surface area contributed by atoms with E-state index >= 15 is 0 Å². The zero-order valence-electron chi connectivity index (χ0n) is 13.3. The van der Waals surface area contributed by atoms with Crippen molar-refractivity contribution in [1.82, 2.24) is 5.32 Å². The number of ether oxygens (including phenoxy) is 3. The Morgan fingerprint density at radius 2 is 1.88 bits per heavy atom. The summed E-state index contributed by atoms with van der Waals surface area (Å²) in [7, 11) is 0. The third-order valence-corrected chi connectivity index (χ3v) is 3.41. The molecule has 2 aromatic rings. The zero-order chi connectivity index (χ0) is 18.5. The predicted octanol–water partition coefficient (Wildman–Crippen LogP) is 2.39. The van der Waals surface area contributed by atoms with Gasteiger partial charge in [0.2, 0.25) is 12.7 Å². The summed E-state index contributed by atoms with van der Waals surface area (Å²) < 4.78 is 39.4. The van der Waals surface area contributed by atoms with E-state index in [1.54, 1.807) is 18.2 Å². The van der Waals surface area contributed by atoms with Crippen LogP contribution in [0.3, 0.4) is 0 Å². The van der Waals surface area contributed by atoms with Crippen LogP contribution in [0.1, 0.15) is 10.4 Å². The number of hydrogen-bond donors (Lipinski definition) is 2. The van der Waals surface area contributed by atoms with Gasteiger partial charge in [-0.3, -0.25) is 9.59 Å². The highest BCUT2D eigenvalue weighted by molar-refractivity contribution is 6.00. The lowest BCUT2D eigenvalue weighted by molar-refractivity contribution is -0.115. The fraction of sp³-hybridized carbons (Fsp3) is 0.176. The van der Waals surface area contributed by atoms with Crippen LogP contribution in [-0.4, -0.2) is 31.8 Å². The molecule has 136 valence electrons. The molecule has 1 aliphatic rings. The van der Waals surface area contributed by atoms with Crippen LogP contribution < -0.4 is 24.8 Å². The number of anilines is 1. The van der Waals surface area contributed by atoms with Crippen LogP contribution in [0.25, 0.3) is 0 Å². The average Bonchev–Trinajstić information content (AvgIpc) is 3.07. The molecular weight excluding hydrogens is 350 g/mol. The lowest BCUT2D eigenvalue weighted by Crippen LogP contribution is -2.33. The van der Waals surface area contributed by atoms with Gasteiger partial charge in [0.05, 0.1) is 12.1 Å². The van der Waals surface area contributed by atoms with Gasteiger partial charge >= 0.3 is 6.61 Å². The number of nitrogens with one attached hydrogen (secondary N) is 2. The Morgan fingerprint density at radius 3 is 2.69 bits per heavy atom. The first-order valence-electron chi connectivity index (χ1n) is 7.54. The number of rotatable bonds is 6. The third kappa shape index (κ3) is 4.18. The molecule has 1 aliphatic heterocycles. The molecule has 2 N–H and O–H groups in total. The number of halogens is 2. The van der Waals surface area contributed by atoms with E-state index in [1.165, 1.54) is 24.3 Å². The largest absolute Gasteiger partial charge is 0.454 e. The lowest BCUT2D eigenvalue weighted by atomic mass is 10.2. The highest BCUT2D eigenvalue weighted by Crippen LogP contribution is 2.34. The standard InChI is InChI=1S/C17H14F2N2O5/c18-17(19)26-12-4-2-1-3-11(12)16(23)20-8-15(22)21-10-5-6-13-14(7-10)25-9-24-13/h1-7,17H,8-9H2,(H,20,23)(H,21,22). The third-order valence-electron chi connectivity index (χ3n) is 3.41. The summed E-state index contributed by atoms with van der Waals surface area (Å²) in [4.78, 5) is 24.1. The van der Waals surface area contributed by atoms with Crippen LogP contribution in [0.4, 0.5) is 14.5 Å². The molecule has 3 rings (SSSR count). The van der Waals surface area contributed by atoms with Crippen molar-refractivity contribution in [2.45, 2.75) is 6.61 Å². The van der Waals surface area contributed by atoms with E-state index in [4.69, 9.17) is 9.47 Å². The number of benzene rings is 2. The molecule has 0 saturated carbocycles. The van der Waals surface area contributed by atoms with Crippen LogP contribution in [-0.2, 0) is 4.79 Å². The van der Waals surface area contributed by atoms with E-state index in [2.05, 4.69) is 15.4 Å². The molecule has 0 atom stereocenters. The van der Waals surface area contributed by atoms with Gasteiger partial charge < -0.3 is 24.8 Å². The summed E-state index contributed by atoms with van der Waals surface area (Å²) in [5, 5.41) is 4.94. The normalized spacial score (nSPS) is 12.0. The van der Waals surface area contributed by atoms with Crippen molar-refractivity contribution in [3.8, 4) is 17.2 Å². The number of carbonyl (C=O) groups excluding carboxylic acids is 2. The van der Waals surface area contributed by atoms with Crippen LogP contribution in [0.2, 0.25) is 0 Å². The van der Waals surface area contributed by atoms with Crippen LogP contribution in [0, 0.1) is 0 Å². The Hall–Kier alpha value is -3.36. The fourth-order valence-electron chi connectivity index (χ4n) is 2.29. The van der Waals surface area contributed by atoms with Gasteiger partial charge in [0.15, 0.2) is 11.5 Å². The van der Waals surface area contributed by atoms with Gasteiger partial charge in [-0.15, -0.1) is 0 Å². The summed E-state index contributed by atoms with van der Waals surface area (Å²) >= 11 is 0. The first-order chi connectivity index (χ1) is 12.5. The monoisotopic (exact) mass is 364 g/mol. The molecule has 26 heavy (non-hydrogen) atoms. The minimum absolute atomic E-state index is 0.0938. The van der Waals surface area contributed by atoms with E-state index in [0.29, 0.717) is 17.2 Å². The lowest BCUT2D eigenvalue weighted by Gasteiger charge is -2.11. The number of carbonyl (C=O) groups is 2. The fourth-order valence-corrected chi connectivity index (χ4v) is 2.29. The maximum atomic E-state index is 12.4. The highest BCUT2D eigenvalue weighted by atomic mass is 19.3. The van der Waals surface area contributed by atoms with Crippen molar-refractivity contribution in [3.05, 3.63) is 48.0 Å². The Balaban J connectivity index is 1.57. The quantitative estimate of drug-likeness (QED) is 0.822. The molecule has 2 amide bonds. The van der Waals surface area contributed by atoms with Crippen molar-refractivity contribution in [1.29, 1.82) is 0 Å².